The number of aromatic nitrogens is 1. The molecule has 0 saturated carbocycles. The van der Waals surface area contributed by atoms with Crippen molar-refractivity contribution in [3.05, 3.63) is 59.9 Å². The predicted octanol–water partition coefficient (Wildman–Crippen LogP) is 2.23. The van der Waals surface area contributed by atoms with Gasteiger partial charge in [0.2, 0.25) is 10.0 Å². The Kier molecular flexibility index (Phi) is 5.68. The van der Waals surface area contributed by atoms with Crippen LogP contribution in [0.15, 0.2) is 53.7 Å². The molecule has 2 aromatic rings. The Labute approximate surface area is 154 Å². The van der Waals surface area contributed by atoms with Crippen LogP contribution >= 0.6 is 0 Å². The topological polar surface area (TPSA) is 79.4 Å². The number of carbonyl (C=O) groups excluding carboxylic acids is 1. The summed E-state index contributed by atoms with van der Waals surface area (Å²) in [5.74, 6) is -0.0381. The van der Waals surface area contributed by atoms with Crippen molar-refractivity contribution >= 4 is 15.9 Å². The van der Waals surface area contributed by atoms with Crippen LogP contribution in [0, 0.1) is 0 Å². The molecule has 1 aromatic heterocycles. The van der Waals surface area contributed by atoms with E-state index in [9.17, 15) is 13.2 Å². The molecule has 1 aliphatic rings. The molecule has 3 rings (SSSR count). The maximum absolute atomic E-state index is 12.5. The minimum absolute atomic E-state index is 0.0381. The van der Waals surface area contributed by atoms with Crippen LogP contribution in [0.2, 0.25) is 0 Å². The van der Waals surface area contributed by atoms with Crippen LogP contribution < -0.4 is 4.72 Å². The lowest BCUT2D eigenvalue weighted by atomic mass is 10.1. The first kappa shape index (κ1) is 18.5. The number of nitrogens with zero attached hydrogens (tertiary/aromatic N) is 2. The Balaban J connectivity index is 1.58. The van der Waals surface area contributed by atoms with E-state index in [4.69, 9.17) is 0 Å². The zero-order valence-corrected chi connectivity index (χ0v) is 15.6. The summed E-state index contributed by atoms with van der Waals surface area (Å²) in [5, 5.41) is 0. The second kappa shape index (κ2) is 7.97. The minimum atomic E-state index is -3.54. The molecular formula is C19H23N3O3S. The lowest BCUT2D eigenvalue weighted by molar-refractivity contribution is 0.0711. The fraction of sp³-hybridized carbons (Fsp3) is 0.368. The van der Waals surface area contributed by atoms with Crippen molar-refractivity contribution in [2.45, 2.75) is 37.1 Å². The average molecular weight is 373 g/mol. The van der Waals surface area contributed by atoms with Gasteiger partial charge in [0.25, 0.3) is 5.91 Å². The van der Waals surface area contributed by atoms with Crippen molar-refractivity contribution in [1.29, 1.82) is 0 Å². The van der Waals surface area contributed by atoms with Crippen LogP contribution in [0.3, 0.4) is 0 Å². The van der Waals surface area contributed by atoms with Gasteiger partial charge in [-0.2, -0.15) is 0 Å². The molecule has 6 nitrogen and oxygen atoms in total. The van der Waals surface area contributed by atoms with Gasteiger partial charge in [0.05, 0.1) is 4.90 Å². The van der Waals surface area contributed by atoms with Gasteiger partial charge in [-0.25, -0.2) is 13.1 Å². The number of hydrogen-bond acceptors (Lipinski definition) is 4. The second-order valence-corrected chi connectivity index (χ2v) is 8.14. The minimum Gasteiger partial charge on any atom is -0.339 e. The molecule has 1 aliphatic heterocycles. The van der Waals surface area contributed by atoms with Crippen LogP contribution in [0.4, 0.5) is 0 Å². The quantitative estimate of drug-likeness (QED) is 0.872. The summed E-state index contributed by atoms with van der Waals surface area (Å²) in [5.41, 5.74) is 1.71. The Hall–Kier alpha value is -2.25. The Bertz CT molecular complexity index is 843. The fourth-order valence-corrected chi connectivity index (χ4v) is 4.37. The lowest BCUT2D eigenvalue weighted by Gasteiger charge is -2.32. The van der Waals surface area contributed by atoms with Gasteiger partial charge >= 0.3 is 0 Å². The molecule has 7 heteroatoms. The number of likely N-dealkylation sites (tertiary alicyclic amines) is 1. The maximum Gasteiger partial charge on any atom is 0.253 e. The van der Waals surface area contributed by atoms with Gasteiger partial charge in [-0.3, -0.25) is 9.78 Å². The SMILES string of the molecule is CCc1ccc(S(=O)(=O)NC2CCN(C(=O)c3ccncc3)CC2)cc1. The van der Waals surface area contributed by atoms with E-state index in [-0.39, 0.29) is 16.8 Å². The maximum atomic E-state index is 12.5. The van der Waals surface area contributed by atoms with Crippen molar-refractivity contribution < 1.29 is 13.2 Å². The Morgan fingerprint density at radius 3 is 2.31 bits per heavy atom. The monoisotopic (exact) mass is 373 g/mol. The molecule has 2 heterocycles. The highest BCUT2D eigenvalue weighted by Crippen LogP contribution is 2.17. The fourth-order valence-electron chi connectivity index (χ4n) is 3.07. The molecule has 0 unspecified atom stereocenters. The lowest BCUT2D eigenvalue weighted by Crippen LogP contribution is -2.46. The number of piperidine rings is 1. The van der Waals surface area contributed by atoms with Crippen LogP contribution in [0.1, 0.15) is 35.7 Å². The van der Waals surface area contributed by atoms with E-state index in [0.29, 0.717) is 31.5 Å². The largest absolute Gasteiger partial charge is 0.339 e. The number of carbonyl (C=O) groups is 1. The highest BCUT2D eigenvalue weighted by Gasteiger charge is 2.27. The number of nitrogens with one attached hydrogen (secondary N) is 1. The summed E-state index contributed by atoms with van der Waals surface area (Å²) in [6.07, 6.45) is 5.26. The summed E-state index contributed by atoms with van der Waals surface area (Å²) in [6, 6.07) is 10.2. The van der Waals surface area contributed by atoms with E-state index in [1.165, 1.54) is 0 Å². The summed E-state index contributed by atoms with van der Waals surface area (Å²) in [7, 11) is -3.54. The number of pyridine rings is 1. The van der Waals surface area contributed by atoms with Gasteiger partial charge in [-0.15, -0.1) is 0 Å². The Morgan fingerprint density at radius 2 is 1.73 bits per heavy atom. The zero-order valence-electron chi connectivity index (χ0n) is 14.8. The molecule has 0 spiro atoms. The van der Waals surface area contributed by atoms with Crippen molar-refractivity contribution in [2.75, 3.05) is 13.1 Å². The number of aryl methyl sites for hydroxylation is 1. The summed E-state index contributed by atoms with van der Waals surface area (Å²) >= 11 is 0. The van der Waals surface area contributed by atoms with E-state index >= 15 is 0 Å². The number of benzene rings is 1. The van der Waals surface area contributed by atoms with E-state index in [1.54, 1.807) is 41.6 Å². The molecule has 26 heavy (non-hydrogen) atoms. The van der Waals surface area contributed by atoms with Crippen LogP contribution in [-0.4, -0.2) is 43.3 Å². The number of sulfonamides is 1. The normalized spacial score (nSPS) is 15.8. The molecule has 0 radical (unpaired) electrons. The molecule has 138 valence electrons. The Morgan fingerprint density at radius 1 is 1.12 bits per heavy atom. The molecule has 0 aliphatic carbocycles. The number of rotatable bonds is 5. The van der Waals surface area contributed by atoms with Crippen LogP contribution in [-0.2, 0) is 16.4 Å². The van der Waals surface area contributed by atoms with Gasteiger partial charge < -0.3 is 4.90 Å². The first-order valence-electron chi connectivity index (χ1n) is 8.80. The van der Waals surface area contributed by atoms with E-state index in [1.807, 2.05) is 19.1 Å². The highest BCUT2D eigenvalue weighted by molar-refractivity contribution is 7.89. The van der Waals surface area contributed by atoms with Gasteiger partial charge in [-0.05, 0) is 49.1 Å². The van der Waals surface area contributed by atoms with E-state index < -0.39 is 10.0 Å². The van der Waals surface area contributed by atoms with Crippen LogP contribution in [0.5, 0.6) is 0 Å². The van der Waals surface area contributed by atoms with Gasteiger partial charge in [0.1, 0.15) is 0 Å². The zero-order chi connectivity index (χ0) is 18.6. The molecular weight excluding hydrogens is 350 g/mol. The van der Waals surface area contributed by atoms with Crippen molar-refractivity contribution in [1.82, 2.24) is 14.6 Å². The van der Waals surface area contributed by atoms with Gasteiger partial charge in [0.15, 0.2) is 0 Å². The molecule has 1 saturated heterocycles. The van der Waals surface area contributed by atoms with Crippen molar-refractivity contribution in [3.8, 4) is 0 Å². The third-order valence-corrected chi connectivity index (χ3v) is 6.21. The van der Waals surface area contributed by atoms with E-state index in [2.05, 4.69) is 9.71 Å². The van der Waals surface area contributed by atoms with Gasteiger partial charge in [0, 0.05) is 37.1 Å². The van der Waals surface area contributed by atoms with Crippen molar-refractivity contribution in [2.24, 2.45) is 0 Å². The third-order valence-electron chi connectivity index (χ3n) is 4.67. The molecule has 1 N–H and O–H groups in total. The summed E-state index contributed by atoms with van der Waals surface area (Å²) in [4.78, 5) is 18.4. The predicted molar refractivity (Wildman–Crippen MR) is 99.3 cm³/mol. The molecule has 0 bridgehead atoms. The molecule has 1 amide bonds. The number of hydrogen-bond donors (Lipinski definition) is 1. The second-order valence-electron chi connectivity index (χ2n) is 6.42. The summed E-state index contributed by atoms with van der Waals surface area (Å²) in [6.45, 7) is 3.09. The average Bonchev–Trinajstić information content (AvgIpc) is 2.68. The van der Waals surface area contributed by atoms with Crippen molar-refractivity contribution in [3.63, 3.8) is 0 Å². The number of amides is 1. The first-order chi connectivity index (χ1) is 12.5. The highest BCUT2D eigenvalue weighted by atomic mass is 32.2. The summed E-state index contributed by atoms with van der Waals surface area (Å²) < 4.78 is 27.8. The van der Waals surface area contributed by atoms with Gasteiger partial charge in [-0.1, -0.05) is 19.1 Å². The third kappa shape index (κ3) is 4.28. The molecule has 1 aromatic carbocycles. The smallest absolute Gasteiger partial charge is 0.253 e. The van der Waals surface area contributed by atoms with Crippen LogP contribution in [0.25, 0.3) is 0 Å². The standard InChI is InChI=1S/C19H23N3O3S/c1-2-15-3-5-18(6-4-15)26(24,25)21-17-9-13-22(14-10-17)19(23)16-7-11-20-12-8-16/h3-8,11-12,17,21H,2,9-10,13-14H2,1H3. The first-order valence-corrected chi connectivity index (χ1v) is 10.3. The van der Waals surface area contributed by atoms with E-state index in [0.717, 1.165) is 12.0 Å². The molecule has 0 atom stereocenters. The molecule has 1 fully saturated rings.